The molecule has 0 aromatic carbocycles. The maximum atomic E-state index is 11.1. The molecule has 3 unspecified atom stereocenters. The number of esters is 1. The van der Waals surface area contributed by atoms with Gasteiger partial charge in [0, 0.05) is 12.8 Å². The first kappa shape index (κ1) is 14.5. The van der Waals surface area contributed by atoms with Crippen molar-refractivity contribution in [3.8, 4) is 6.07 Å². The van der Waals surface area contributed by atoms with Crippen molar-refractivity contribution in [2.75, 3.05) is 0 Å². The highest BCUT2D eigenvalue weighted by Crippen LogP contribution is 2.66. The number of hydrogen-bond donors (Lipinski definition) is 1. The van der Waals surface area contributed by atoms with Gasteiger partial charge in [0.25, 0.3) is 0 Å². The zero-order chi connectivity index (χ0) is 14.3. The lowest BCUT2D eigenvalue weighted by molar-refractivity contribution is -0.150. The van der Waals surface area contributed by atoms with Crippen molar-refractivity contribution in [3.63, 3.8) is 0 Å². The summed E-state index contributed by atoms with van der Waals surface area (Å²) in [4.78, 5) is 22.2. The molecule has 0 radical (unpaired) electrons. The largest absolute Gasteiger partial charge is 0.481 e. The number of ether oxygens (including phenoxy) is 1. The number of rotatable bonds is 4. The van der Waals surface area contributed by atoms with Gasteiger partial charge in [-0.1, -0.05) is 32.0 Å². The number of carboxylic acids is 1. The van der Waals surface area contributed by atoms with E-state index < -0.39 is 34.2 Å². The number of carbonyl (C=O) groups is 2. The molecule has 1 N–H and O–H groups in total. The molecule has 1 rings (SSSR count). The monoisotopic (exact) mass is 271 g/mol. The molecule has 0 amide bonds. The van der Waals surface area contributed by atoms with E-state index >= 15 is 0 Å². The van der Waals surface area contributed by atoms with E-state index in [0.29, 0.717) is 0 Å². The maximum absolute atomic E-state index is 11.1. The molecule has 0 heterocycles. The summed E-state index contributed by atoms with van der Waals surface area (Å²) in [5, 5.41) is 16.2. The summed E-state index contributed by atoms with van der Waals surface area (Å²) >= 11 is 6.18. The lowest BCUT2D eigenvalue weighted by Crippen LogP contribution is -2.34. The molecule has 1 fully saturated rings. The number of hydrogen-bond acceptors (Lipinski definition) is 4. The number of aliphatic carboxylic acids is 1. The van der Waals surface area contributed by atoms with Crippen LogP contribution in [0.1, 0.15) is 20.8 Å². The Morgan fingerprint density at radius 2 is 2.06 bits per heavy atom. The van der Waals surface area contributed by atoms with Gasteiger partial charge < -0.3 is 9.84 Å². The molecule has 0 spiro atoms. The molecule has 5 nitrogen and oxygen atoms in total. The minimum atomic E-state index is -1.78. The number of nitriles is 1. The summed E-state index contributed by atoms with van der Waals surface area (Å²) in [5.74, 6) is -3.18. The first-order chi connectivity index (χ1) is 8.09. The van der Waals surface area contributed by atoms with Crippen molar-refractivity contribution in [2.45, 2.75) is 25.8 Å². The number of carbonyl (C=O) groups excluding carboxylic acids is 1. The van der Waals surface area contributed by atoms with Crippen LogP contribution >= 0.6 is 11.6 Å². The minimum Gasteiger partial charge on any atom is -0.481 e. The highest BCUT2D eigenvalue weighted by Gasteiger charge is 2.72. The lowest BCUT2D eigenvalue weighted by Gasteiger charge is -2.27. The van der Waals surface area contributed by atoms with Crippen molar-refractivity contribution in [2.24, 2.45) is 17.3 Å². The van der Waals surface area contributed by atoms with Gasteiger partial charge in [0.15, 0.2) is 0 Å². The van der Waals surface area contributed by atoms with Crippen LogP contribution in [0, 0.1) is 28.6 Å². The molecule has 3 atom stereocenters. The standard InChI is InChI=1S/C12H14ClNO4/c1-6(5-14)12(13,18-7(2)15)9-8(10(16)17)11(9,3)4/h8-9H,1H2,2-4H3,(H,16,17). The topological polar surface area (TPSA) is 87.4 Å². The van der Waals surface area contributed by atoms with Crippen molar-refractivity contribution in [3.05, 3.63) is 12.2 Å². The smallest absolute Gasteiger partial charge is 0.307 e. The van der Waals surface area contributed by atoms with Crippen molar-refractivity contribution in [1.82, 2.24) is 0 Å². The van der Waals surface area contributed by atoms with Crippen LogP contribution in [0.4, 0.5) is 0 Å². The van der Waals surface area contributed by atoms with Crippen molar-refractivity contribution < 1.29 is 19.4 Å². The molecule has 98 valence electrons. The van der Waals surface area contributed by atoms with Crippen LogP contribution in [0.5, 0.6) is 0 Å². The zero-order valence-electron chi connectivity index (χ0n) is 10.4. The van der Waals surface area contributed by atoms with Crippen LogP contribution in [-0.4, -0.2) is 22.1 Å². The molecule has 1 saturated carbocycles. The lowest BCUT2D eigenvalue weighted by atomic mass is 10.0. The van der Waals surface area contributed by atoms with Crippen LogP contribution in [0.2, 0.25) is 0 Å². The van der Waals surface area contributed by atoms with Crippen LogP contribution in [-0.2, 0) is 14.3 Å². The highest BCUT2D eigenvalue weighted by molar-refractivity contribution is 6.26. The van der Waals surface area contributed by atoms with E-state index in [1.165, 1.54) is 0 Å². The third kappa shape index (κ3) is 2.08. The minimum absolute atomic E-state index is 0.166. The second-order valence-electron chi connectivity index (χ2n) is 4.94. The SMILES string of the molecule is C=C(C#N)C(Cl)(OC(C)=O)C1C(C(=O)O)C1(C)C. The van der Waals surface area contributed by atoms with Crippen LogP contribution < -0.4 is 0 Å². The molecule has 1 aliphatic carbocycles. The van der Waals surface area contributed by atoms with E-state index in [0.717, 1.165) is 6.92 Å². The van der Waals surface area contributed by atoms with Gasteiger partial charge in [-0.05, 0) is 5.41 Å². The first-order valence-electron chi connectivity index (χ1n) is 5.29. The summed E-state index contributed by atoms with van der Waals surface area (Å²) in [7, 11) is 0. The number of nitrogens with zero attached hydrogens (tertiary/aromatic N) is 1. The zero-order valence-corrected chi connectivity index (χ0v) is 11.1. The Morgan fingerprint density at radius 1 is 1.56 bits per heavy atom. The Morgan fingerprint density at radius 3 is 2.33 bits per heavy atom. The van der Waals surface area contributed by atoms with Crippen LogP contribution in [0.15, 0.2) is 12.2 Å². The van der Waals surface area contributed by atoms with Crippen LogP contribution in [0.25, 0.3) is 0 Å². The molecule has 18 heavy (non-hydrogen) atoms. The Labute approximate surface area is 110 Å². The second kappa shape index (κ2) is 4.29. The third-order valence-electron chi connectivity index (χ3n) is 3.33. The molecular formula is C12H14ClNO4. The van der Waals surface area contributed by atoms with Gasteiger partial charge in [0.05, 0.1) is 17.6 Å². The van der Waals surface area contributed by atoms with Gasteiger partial charge in [0.2, 0.25) is 5.06 Å². The summed E-state index contributed by atoms with van der Waals surface area (Å²) < 4.78 is 4.97. The molecule has 6 heteroatoms. The van der Waals surface area contributed by atoms with E-state index in [1.807, 2.05) is 0 Å². The molecule has 0 aliphatic heterocycles. The Kier molecular flexibility index (Phi) is 3.46. The highest BCUT2D eigenvalue weighted by atomic mass is 35.5. The van der Waals surface area contributed by atoms with Gasteiger partial charge in [-0.3, -0.25) is 9.59 Å². The number of alkyl halides is 1. The van der Waals surface area contributed by atoms with Crippen molar-refractivity contribution >= 4 is 23.5 Å². The molecular weight excluding hydrogens is 258 g/mol. The predicted octanol–water partition coefficient (Wildman–Crippen LogP) is 1.92. The summed E-state index contributed by atoms with van der Waals surface area (Å²) in [6, 6.07) is 1.73. The second-order valence-corrected chi connectivity index (χ2v) is 5.51. The van der Waals surface area contributed by atoms with E-state index in [2.05, 4.69) is 6.58 Å². The maximum Gasteiger partial charge on any atom is 0.307 e. The van der Waals surface area contributed by atoms with Gasteiger partial charge in [-0.25, -0.2) is 0 Å². The molecule has 1 aliphatic rings. The molecule has 0 bridgehead atoms. The van der Waals surface area contributed by atoms with Gasteiger partial charge in [-0.15, -0.1) is 0 Å². The Bertz CT molecular complexity index is 465. The normalized spacial score (nSPS) is 27.5. The fourth-order valence-corrected chi connectivity index (χ4v) is 2.95. The Hall–Kier alpha value is -1.54. The quantitative estimate of drug-likeness (QED) is 0.479. The fraction of sp³-hybridized carbons (Fsp3) is 0.583. The summed E-state index contributed by atoms with van der Waals surface area (Å²) in [6.45, 7) is 7.99. The van der Waals surface area contributed by atoms with Gasteiger partial charge in [0.1, 0.15) is 0 Å². The third-order valence-corrected chi connectivity index (χ3v) is 3.87. The van der Waals surface area contributed by atoms with Gasteiger partial charge in [-0.2, -0.15) is 5.26 Å². The van der Waals surface area contributed by atoms with E-state index in [-0.39, 0.29) is 5.57 Å². The van der Waals surface area contributed by atoms with E-state index in [9.17, 15) is 9.59 Å². The van der Waals surface area contributed by atoms with E-state index in [4.69, 9.17) is 26.7 Å². The first-order valence-corrected chi connectivity index (χ1v) is 5.67. The number of carboxylic acid groups (broad SMARTS) is 1. The molecule has 0 aromatic heterocycles. The molecule has 0 saturated heterocycles. The average molecular weight is 272 g/mol. The average Bonchev–Trinajstić information content (AvgIpc) is 2.80. The Balaban J connectivity index is 3.16. The van der Waals surface area contributed by atoms with Crippen LogP contribution in [0.3, 0.4) is 0 Å². The van der Waals surface area contributed by atoms with Gasteiger partial charge >= 0.3 is 11.9 Å². The van der Waals surface area contributed by atoms with Crippen molar-refractivity contribution in [1.29, 1.82) is 5.26 Å². The van der Waals surface area contributed by atoms with E-state index in [1.54, 1.807) is 19.9 Å². The number of halogens is 1. The molecule has 0 aromatic rings. The predicted molar refractivity (Wildman–Crippen MR) is 63.5 cm³/mol. The summed E-state index contributed by atoms with van der Waals surface area (Å²) in [6.07, 6.45) is 0. The summed E-state index contributed by atoms with van der Waals surface area (Å²) in [5.41, 5.74) is -0.829. The fourth-order valence-electron chi connectivity index (χ4n) is 2.39.